The number of ether oxygens (including phenoxy) is 1. The molecule has 2 aromatic rings. The van der Waals surface area contributed by atoms with Gasteiger partial charge in [0.05, 0.1) is 0 Å². The normalized spacial score (nSPS) is 11.9. The van der Waals surface area contributed by atoms with Gasteiger partial charge in [0.2, 0.25) is 0 Å². The molecule has 1 atom stereocenters. The fourth-order valence-corrected chi connectivity index (χ4v) is 2.43. The Labute approximate surface area is 131 Å². The number of carbonyl (C=O) groups excluding carboxylic acids is 1. The van der Waals surface area contributed by atoms with E-state index in [1.807, 2.05) is 24.3 Å². The lowest BCUT2D eigenvalue weighted by Crippen LogP contribution is -2.25. The molecule has 2 rings (SSSR count). The van der Waals surface area contributed by atoms with E-state index in [0.717, 1.165) is 10.0 Å². The van der Waals surface area contributed by atoms with Gasteiger partial charge in [0.25, 0.3) is 0 Å². The van der Waals surface area contributed by atoms with Gasteiger partial charge in [0.1, 0.15) is 5.75 Å². The van der Waals surface area contributed by atoms with Crippen LogP contribution in [0.15, 0.2) is 53.0 Å². The molecule has 2 aromatic carbocycles. The quantitative estimate of drug-likeness (QED) is 0.780. The maximum absolute atomic E-state index is 12.1. The molecule has 0 fully saturated rings. The van der Waals surface area contributed by atoms with Crippen LogP contribution in [-0.2, 0) is 11.2 Å². The summed E-state index contributed by atoms with van der Waals surface area (Å²) < 4.78 is 6.58. The number of Topliss-reactive ketones (excluding diaryl/α,β-unsaturated/α-hetero) is 1. The van der Waals surface area contributed by atoms with Crippen LogP contribution in [0.5, 0.6) is 5.75 Å². The highest BCUT2D eigenvalue weighted by molar-refractivity contribution is 9.10. The largest absolute Gasteiger partial charge is 0.483 e. The summed E-state index contributed by atoms with van der Waals surface area (Å²) in [5, 5.41) is 0.592. The van der Waals surface area contributed by atoms with Gasteiger partial charge in [0.15, 0.2) is 11.9 Å². The molecular formula is C16H14BrClO2. The van der Waals surface area contributed by atoms with Gasteiger partial charge in [-0.05, 0) is 42.8 Å². The summed E-state index contributed by atoms with van der Waals surface area (Å²) in [5.74, 6) is 0.635. The lowest BCUT2D eigenvalue weighted by Gasteiger charge is -2.14. The molecule has 0 N–H and O–H groups in total. The summed E-state index contributed by atoms with van der Waals surface area (Å²) in [6.45, 7) is 1.75. The molecule has 0 radical (unpaired) electrons. The highest BCUT2D eigenvalue weighted by Crippen LogP contribution is 2.19. The molecule has 4 heteroatoms. The van der Waals surface area contributed by atoms with Crippen LogP contribution in [0.3, 0.4) is 0 Å². The summed E-state index contributed by atoms with van der Waals surface area (Å²) in [4.78, 5) is 12.1. The van der Waals surface area contributed by atoms with E-state index in [4.69, 9.17) is 16.3 Å². The van der Waals surface area contributed by atoms with E-state index in [1.54, 1.807) is 31.2 Å². The number of hydrogen-bond acceptors (Lipinski definition) is 2. The molecule has 20 heavy (non-hydrogen) atoms. The summed E-state index contributed by atoms with van der Waals surface area (Å²) >= 11 is 9.28. The molecule has 0 saturated heterocycles. The Morgan fingerprint density at radius 1 is 1.25 bits per heavy atom. The number of ketones is 1. The van der Waals surface area contributed by atoms with Crippen LogP contribution < -0.4 is 4.74 Å². The first kappa shape index (κ1) is 15.1. The van der Waals surface area contributed by atoms with Crippen molar-refractivity contribution in [1.82, 2.24) is 0 Å². The monoisotopic (exact) mass is 352 g/mol. The predicted molar refractivity (Wildman–Crippen MR) is 84.4 cm³/mol. The molecule has 0 bridgehead atoms. The van der Waals surface area contributed by atoms with Gasteiger partial charge in [-0.25, -0.2) is 0 Å². The van der Waals surface area contributed by atoms with E-state index >= 15 is 0 Å². The average molecular weight is 354 g/mol. The molecule has 1 unspecified atom stereocenters. The molecule has 0 heterocycles. The van der Waals surface area contributed by atoms with Crippen molar-refractivity contribution in [3.8, 4) is 5.75 Å². The van der Waals surface area contributed by atoms with Gasteiger partial charge in [0, 0.05) is 15.9 Å². The minimum Gasteiger partial charge on any atom is -0.483 e. The first-order valence-corrected chi connectivity index (χ1v) is 7.41. The van der Waals surface area contributed by atoms with E-state index in [9.17, 15) is 4.79 Å². The highest BCUT2D eigenvalue weighted by Gasteiger charge is 2.15. The third-order valence-corrected chi connectivity index (χ3v) is 3.56. The minimum absolute atomic E-state index is 0.0306. The molecule has 0 aliphatic rings. The Morgan fingerprint density at radius 3 is 2.70 bits per heavy atom. The number of hydrogen-bond donors (Lipinski definition) is 0. The van der Waals surface area contributed by atoms with Crippen molar-refractivity contribution >= 4 is 33.3 Å². The van der Waals surface area contributed by atoms with E-state index in [0.29, 0.717) is 17.2 Å². The van der Waals surface area contributed by atoms with Crippen molar-refractivity contribution in [2.45, 2.75) is 19.4 Å². The maximum atomic E-state index is 12.1. The molecular weight excluding hydrogens is 340 g/mol. The van der Waals surface area contributed by atoms with Crippen LogP contribution in [0.2, 0.25) is 5.02 Å². The third kappa shape index (κ3) is 4.36. The second-order valence-corrected chi connectivity index (χ2v) is 5.84. The zero-order valence-electron chi connectivity index (χ0n) is 11.0. The average Bonchev–Trinajstić information content (AvgIpc) is 2.38. The lowest BCUT2D eigenvalue weighted by atomic mass is 10.1. The fourth-order valence-electron chi connectivity index (χ4n) is 1.80. The third-order valence-electron chi connectivity index (χ3n) is 2.83. The van der Waals surface area contributed by atoms with Crippen LogP contribution >= 0.6 is 27.5 Å². The number of rotatable bonds is 5. The van der Waals surface area contributed by atoms with Crippen molar-refractivity contribution < 1.29 is 9.53 Å². The fraction of sp³-hybridized carbons (Fsp3) is 0.188. The first-order chi connectivity index (χ1) is 9.54. The topological polar surface area (TPSA) is 26.3 Å². The van der Waals surface area contributed by atoms with Gasteiger partial charge < -0.3 is 4.74 Å². The van der Waals surface area contributed by atoms with E-state index in [-0.39, 0.29) is 5.78 Å². The molecule has 0 amide bonds. The van der Waals surface area contributed by atoms with Gasteiger partial charge in [-0.15, -0.1) is 0 Å². The molecule has 0 aliphatic carbocycles. The molecule has 0 spiro atoms. The Balaban J connectivity index is 1.98. The summed E-state index contributed by atoms with van der Waals surface area (Å²) in [5.41, 5.74) is 0.964. The summed E-state index contributed by atoms with van der Waals surface area (Å²) in [7, 11) is 0. The van der Waals surface area contributed by atoms with Crippen molar-refractivity contribution in [1.29, 1.82) is 0 Å². The zero-order chi connectivity index (χ0) is 14.5. The summed E-state index contributed by atoms with van der Waals surface area (Å²) in [6.07, 6.45) is -0.159. The Morgan fingerprint density at radius 2 is 2.00 bits per heavy atom. The molecule has 2 nitrogen and oxygen atoms in total. The second kappa shape index (κ2) is 6.91. The lowest BCUT2D eigenvalue weighted by molar-refractivity contribution is -0.124. The van der Waals surface area contributed by atoms with E-state index in [1.165, 1.54) is 0 Å². The Hall–Kier alpha value is -1.32. The smallest absolute Gasteiger partial charge is 0.177 e. The molecule has 104 valence electrons. The Kier molecular flexibility index (Phi) is 5.21. The van der Waals surface area contributed by atoms with Gasteiger partial charge >= 0.3 is 0 Å². The maximum Gasteiger partial charge on any atom is 0.177 e. The van der Waals surface area contributed by atoms with Crippen molar-refractivity contribution in [2.24, 2.45) is 0 Å². The molecule has 0 aromatic heterocycles. The van der Waals surface area contributed by atoms with Gasteiger partial charge in [-0.1, -0.05) is 45.7 Å². The first-order valence-electron chi connectivity index (χ1n) is 6.24. The molecule has 0 saturated carbocycles. The number of carbonyl (C=O) groups is 1. The van der Waals surface area contributed by atoms with Crippen molar-refractivity contribution in [3.05, 3.63) is 63.6 Å². The number of benzene rings is 2. The number of halogens is 2. The molecule has 0 aliphatic heterocycles. The summed E-state index contributed by atoms with van der Waals surface area (Å²) in [6, 6.07) is 14.7. The highest BCUT2D eigenvalue weighted by atomic mass is 79.9. The van der Waals surface area contributed by atoms with Crippen molar-refractivity contribution in [3.63, 3.8) is 0 Å². The second-order valence-electron chi connectivity index (χ2n) is 4.49. The van der Waals surface area contributed by atoms with Crippen LogP contribution in [-0.4, -0.2) is 11.9 Å². The van der Waals surface area contributed by atoms with Gasteiger partial charge in [-0.2, -0.15) is 0 Å². The minimum atomic E-state index is -0.507. The SMILES string of the molecule is CC(Oc1cccc(Cl)c1)C(=O)Cc1cccc(Br)c1. The Bertz CT molecular complexity index is 613. The van der Waals surface area contributed by atoms with Crippen LogP contribution in [0, 0.1) is 0 Å². The predicted octanol–water partition coefficient (Wildman–Crippen LogP) is 4.68. The van der Waals surface area contributed by atoms with Crippen LogP contribution in [0.1, 0.15) is 12.5 Å². The van der Waals surface area contributed by atoms with Crippen molar-refractivity contribution in [2.75, 3.05) is 0 Å². The van der Waals surface area contributed by atoms with Crippen LogP contribution in [0.25, 0.3) is 0 Å². The standard InChI is InChI=1S/C16H14BrClO2/c1-11(20-15-7-3-6-14(18)10-15)16(19)9-12-4-2-5-13(17)8-12/h2-8,10-11H,9H2,1H3. The van der Waals surface area contributed by atoms with E-state index in [2.05, 4.69) is 15.9 Å². The van der Waals surface area contributed by atoms with Crippen LogP contribution in [0.4, 0.5) is 0 Å². The van der Waals surface area contributed by atoms with Gasteiger partial charge in [-0.3, -0.25) is 4.79 Å². The zero-order valence-corrected chi connectivity index (χ0v) is 13.3. The van der Waals surface area contributed by atoms with E-state index < -0.39 is 6.10 Å².